The zero-order valence-corrected chi connectivity index (χ0v) is 50.2. The summed E-state index contributed by atoms with van der Waals surface area (Å²) in [6, 6.07) is 0. The van der Waals surface area contributed by atoms with Gasteiger partial charge >= 0.3 is 23.9 Å². The number of carbonyl (C=O) groups excluding carboxylic acids is 3. The molecule has 0 bridgehead atoms. The van der Waals surface area contributed by atoms with Crippen LogP contribution in [0.15, 0.2) is 134 Å². The van der Waals surface area contributed by atoms with E-state index in [4.69, 9.17) is 23.7 Å². The van der Waals surface area contributed by atoms with Gasteiger partial charge in [0.15, 0.2) is 24.6 Å². The first-order valence-electron chi connectivity index (χ1n) is 31.2. The summed E-state index contributed by atoms with van der Waals surface area (Å²) in [5.74, 6) is -3.29. The van der Waals surface area contributed by atoms with Crippen LogP contribution in [0.3, 0.4) is 0 Å². The van der Waals surface area contributed by atoms with Gasteiger partial charge in [0.25, 0.3) is 0 Å². The molecule has 12 nitrogen and oxygen atoms in total. The van der Waals surface area contributed by atoms with E-state index >= 15 is 0 Å². The summed E-state index contributed by atoms with van der Waals surface area (Å²) in [6.45, 7) is 5.67. The number of carboxylic acid groups (broad SMARTS) is 1. The van der Waals surface area contributed by atoms with Crippen molar-refractivity contribution in [1.82, 2.24) is 0 Å². The molecule has 81 heavy (non-hydrogen) atoms. The zero-order valence-electron chi connectivity index (χ0n) is 50.2. The molecule has 1 rings (SSSR count). The number of aliphatic hydroxyl groups is 2. The summed E-state index contributed by atoms with van der Waals surface area (Å²) in [7, 11) is 0. The van der Waals surface area contributed by atoms with Gasteiger partial charge in [0, 0.05) is 19.3 Å². The lowest BCUT2D eigenvalue weighted by molar-refractivity contribution is -0.301. The Kier molecular flexibility index (Phi) is 50.5. The van der Waals surface area contributed by atoms with E-state index in [0.717, 1.165) is 128 Å². The van der Waals surface area contributed by atoms with Crippen molar-refractivity contribution in [3.63, 3.8) is 0 Å². The fraction of sp³-hybridized carbons (Fsp3) is 0.623. The van der Waals surface area contributed by atoms with E-state index in [1.54, 1.807) is 0 Å². The van der Waals surface area contributed by atoms with Gasteiger partial charge in [-0.05, 0) is 122 Å². The van der Waals surface area contributed by atoms with Gasteiger partial charge in [0.2, 0.25) is 0 Å². The number of hydrogen-bond acceptors (Lipinski definition) is 11. The Balaban J connectivity index is 2.76. The van der Waals surface area contributed by atoms with Crippen molar-refractivity contribution >= 4 is 23.9 Å². The maximum absolute atomic E-state index is 13.2. The van der Waals surface area contributed by atoms with Crippen LogP contribution in [0.4, 0.5) is 0 Å². The lowest BCUT2D eigenvalue weighted by Gasteiger charge is -2.40. The molecule has 1 fully saturated rings. The van der Waals surface area contributed by atoms with E-state index in [0.29, 0.717) is 19.3 Å². The molecule has 0 amide bonds. The zero-order chi connectivity index (χ0) is 58.9. The topological polar surface area (TPSA) is 175 Å². The first-order chi connectivity index (χ1) is 39.6. The first kappa shape index (κ1) is 73.9. The maximum atomic E-state index is 13.2. The van der Waals surface area contributed by atoms with Gasteiger partial charge < -0.3 is 39.0 Å². The summed E-state index contributed by atoms with van der Waals surface area (Å²) in [6.07, 6.45) is 65.7. The normalized spacial score (nSPS) is 18.7. The fourth-order valence-electron chi connectivity index (χ4n) is 8.50. The Morgan fingerprint density at radius 2 is 0.802 bits per heavy atom. The standard InChI is InChI=1S/C69H108O12/c1-4-7-10-13-16-19-22-25-28-30-31-33-35-37-40-43-46-49-52-55-61(70)77-58-60(79-62(71)56-53-50-47-44-41-39-36-32-29-26-23-20-17-14-11-8-5-2)59-78-69-67(65(74)64(73)66(81-69)68(75)76)80-63(72)57-54-51-48-45-42-38-34-27-24-21-18-15-12-9-6-3/h7-8,10-11,16-17,19-20,25-29,31,33-34,36-37,39-40,46,49,60,64-67,69,73-74H,4-6,9,12-15,18,21-24,30,32,35,38,41-45,47-48,50-59H2,1-3H3,(H,75,76)/b10-7-,11-8-,19-16-,20-17-,28-25-,29-26-,33-31-,34-27-,39-36-,40-37-,49-46-. The van der Waals surface area contributed by atoms with Crippen LogP contribution in [0.25, 0.3) is 0 Å². The number of carboxylic acids is 1. The van der Waals surface area contributed by atoms with Crippen LogP contribution < -0.4 is 0 Å². The van der Waals surface area contributed by atoms with Gasteiger partial charge in [-0.25, -0.2) is 4.79 Å². The van der Waals surface area contributed by atoms with Crippen LogP contribution in [0.5, 0.6) is 0 Å². The highest BCUT2D eigenvalue weighted by atomic mass is 16.7. The molecule has 1 aliphatic heterocycles. The number of carbonyl (C=O) groups is 4. The van der Waals surface area contributed by atoms with E-state index in [1.807, 2.05) is 12.2 Å². The lowest BCUT2D eigenvalue weighted by atomic mass is 9.98. The molecule has 0 spiro atoms. The largest absolute Gasteiger partial charge is 0.479 e. The second-order valence-corrected chi connectivity index (χ2v) is 20.6. The predicted molar refractivity (Wildman–Crippen MR) is 330 cm³/mol. The molecular weight excluding hydrogens is 1020 g/mol. The highest BCUT2D eigenvalue weighted by molar-refractivity contribution is 5.74. The van der Waals surface area contributed by atoms with Crippen molar-refractivity contribution in [2.24, 2.45) is 0 Å². The molecule has 0 aliphatic carbocycles. The number of aliphatic carboxylic acids is 1. The molecule has 1 saturated heterocycles. The van der Waals surface area contributed by atoms with Gasteiger partial charge in [-0.1, -0.05) is 219 Å². The monoisotopic (exact) mass is 1130 g/mol. The van der Waals surface area contributed by atoms with E-state index in [2.05, 4.69) is 142 Å². The van der Waals surface area contributed by atoms with Crippen molar-refractivity contribution in [3.05, 3.63) is 134 Å². The van der Waals surface area contributed by atoms with Gasteiger partial charge in [-0.15, -0.1) is 0 Å². The third-order valence-electron chi connectivity index (χ3n) is 13.2. The first-order valence-corrected chi connectivity index (χ1v) is 31.2. The van der Waals surface area contributed by atoms with E-state index in [9.17, 15) is 34.5 Å². The average Bonchev–Trinajstić information content (AvgIpc) is 3.53. The molecule has 3 N–H and O–H groups in total. The molecule has 0 saturated carbocycles. The molecule has 1 aliphatic rings. The molecular formula is C69H108O12. The summed E-state index contributed by atoms with van der Waals surface area (Å²) < 4.78 is 28.4. The number of aliphatic hydroxyl groups excluding tert-OH is 2. The number of esters is 3. The lowest BCUT2D eigenvalue weighted by Crippen LogP contribution is -2.61. The van der Waals surface area contributed by atoms with Crippen LogP contribution in [0.1, 0.15) is 226 Å². The number of ether oxygens (including phenoxy) is 5. The molecule has 6 unspecified atom stereocenters. The molecule has 0 radical (unpaired) electrons. The van der Waals surface area contributed by atoms with Crippen LogP contribution in [-0.2, 0) is 42.9 Å². The number of rotatable bonds is 51. The molecule has 6 atom stereocenters. The van der Waals surface area contributed by atoms with E-state index in [1.165, 1.54) is 38.5 Å². The van der Waals surface area contributed by atoms with Gasteiger partial charge in [-0.3, -0.25) is 14.4 Å². The molecule has 1 heterocycles. The average molecular weight is 1130 g/mol. The van der Waals surface area contributed by atoms with Crippen molar-refractivity contribution in [1.29, 1.82) is 0 Å². The molecule has 0 aromatic carbocycles. The summed E-state index contributed by atoms with van der Waals surface area (Å²) >= 11 is 0. The van der Waals surface area contributed by atoms with Crippen molar-refractivity contribution in [3.8, 4) is 0 Å². The van der Waals surface area contributed by atoms with Crippen LogP contribution in [0.2, 0.25) is 0 Å². The van der Waals surface area contributed by atoms with Gasteiger partial charge in [-0.2, -0.15) is 0 Å². The SMILES string of the molecule is CC/C=C\C/C=C\C/C=C\C/C=C\C/C=C\C/C=C\CCC(=O)OCC(COC1OC(C(=O)O)C(O)C(O)C1OC(=O)CCCCCCC/C=C\CCCCCCCC)OC(=O)CCCCCC/C=C\C/C=C\C/C=C\C/C=C\CC. The molecule has 0 aromatic heterocycles. The Hall–Kier alpha value is -5.14. The second kappa shape index (κ2) is 55.4. The van der Waals surface area contributed by atoms with Crippen LogP contribution in [0, 0.1) is 0 Å². The van der Waals surface area contributed by atoms with E-state index in [-0.39, 0.29) is 25.9 Å². The second-order valence-electron chi connectivity index (χ2n) is 20.6. The number of unbranched alkanes of at least 4 members (excludes halogenated alkanes) is 15. The van der Waals surface area contributed by atoms with Crippen molar-refractivity contribution in [2.45, 2.75) is 263 Å². The third kappa shape index (κ3) is 45.1. The summed E-state index contributed by atoms with van der Waals surface area (Å²) in [4.78, 5) is 51.2. The van der Waals surface area contributed by atoms with E-state index < -0.39 is 67.3 Å². The molecule has 0 aromatic rings. The highest BCUT2D eigenvalue weighted by Crippen LogP contribution is 2.26. The maximum Gasteiger partial charge on any atom is 0.335 e. The Bertz CT molecular complexity index is 1920. The van der Waals surface area contributed by atoms with Crippen molar-refractivity contribution < 1.29 is 58.2 Å². The van der Waals surface area contributed by atoms with Crippen LogP contribution >= 0.6 is 0 Å². The Morgan fingerprint density at radius 3 is 1.25 bits per heavy atom. The van der Waals surface area contributed by atoms with Gasteiger partial charge in [0.1, 0.15) is 18.8 Å². The minimum atomic E-state index is -1.93. The summed E-state index contributed by atoms with van der Waals surface area (Å²) in [5, 5.41) is 31.5. The smallest absolute Gasteiger partial charge is 0.335 e. The minimum Gasteiger partial charge on any atom is -0.479 e. The quantitative estimate of drug-likeness (QED) is 0.0228. The minimum absolute atomic E-state index is 0.0335. The van der Waals surface area contributed by atoms with Crippen LogP contribution in [-0.4, -0.2) is 89.2 Å². The van der Waals surface area contributed by atoms with Gasteiger partial charge in [0.05, 0.1) is 6.61 Å². The number of allylic oxidation sites excluding steroid dienone is 22. The number of hydrogen-bond donors (Lipinski definition) is 3. The fourth-order valence-corrected chi connectivity index (χ4v) is 8.50. The summed E-state index contributed by atoms with van der Waals surface area (Å²) in [5.41, 5.74) is 0. The molecule has 456 valence electrons. The highest BCUT2D eigenvalue weighted by Gasteiger charge is 2.50. The molecule has 12 heteroatoms. The third-order valence-corrected chi connectivity index (χ3v) is 13.2. The predicted octanol–water partition coefficient (Wildman–Crippen LogP) is 16.6. The Morgan fingerprint density at radius 1 is 0.420 bits per heavy atom. The Labute approximate surface area is 490 Å². The van der Waals surface area contributed by atoms with Crippen molar-refractivity contribution in [2.75, 3.05) is 13.2 Å².